The van der Waals surface area contributed by atoms with Gasteiger partial charge in [0.05, 0.1) is 10.1 Å². The molecule has 0 radical (unpaired) electrons. The molecule has 1 aromatic carbocycles. The van der Waals surface area contributed by atoms with Crippen LogP contribution in [-0.2, 0) is 14.8 Å². The van der Waals surface area contributed by atoms with E-state index in [-0.39, 0.29) is 22.1 Å². The predicted octanol–water partition coefficient (Wildman–Crippen LogP) is 3.58. The minimum Gasteiger partial charge on any atom is -0.325 e. The van der Waals surface area contributed by atoms with Crippen LogP contribution in [0.4, 0.5) is 5.69 Å². The van der Waals surface area contributed by atoms with Crippen LogP contribution in [0.1, 0.15) is 40.5 Å². The zero-order valence-corrected chi connectivity index (χ0v) is 16.7. The smallest absolute Gasteiger partial charge is 0.243 e. The monoisotopic (exact) mass is 372 g/mol. The van der Waals surface area contributed by atoms with Gasteiger partial charge >= 0.3 is 0 Å². The van der Waals surface area contributed by atoms with Crippen molar-refractivity contribution in [2.75, 3.05) is 18.1 Å². The Bertz CT molecular complexity index is 628. The number of sulfonamides is 1. The highest BCUT2D eigenvalue weighted by Gasteiger charge is 2.23. The summed E-state index contributed by atoms with van der Waals surface area (Å²) >= 11 is 1.63. The number of amides is 1. The number of carbonyl (C=O) groups excluding carboxylic acids is 1. The third-order valence-corrected chi connectivity index (χ3v) is 7.05. The Balaban J connectivity index is 2.73. The first-order valence-corrected chi connectivity index (χ1v) is 10.7. The summed E-state index contributed by atoms with van der Waals surface area (Å²) in [6, 6.07) is 6.19. The number of thioether (sulfide) groups is 1. The van der Waals surface area contributed by atoms with Crippen LogP contribution in [0.15, 0.2) is 29.2 Å². The van der Waals surface area contributed by atoms with Gasteiger partial charge in [-0.2, -0.15) is 4.31 Å². The maximum atomic E-state index is 12.4. The minimum atomic E-state index is -3.50. The molecular formula is C17H28N2O3S2. The van der Waals surface area contributed by atoms with Gasteiger partial charge < -0.3 is 5.32 Å². The van der Waals surface area contributed by atoms with Crippen LogP contribution in [-0.4, -0.2) is 42.7 Å². The minimum absolute atomic E-state index is 0.0639. The van der Waals surface area contributed by atoms with Crippen molar-refractivity contribution in [1.82, 2.24) is 4.31 Å². The summed E-state index contributed by atoms with van der Waals surface area (Å²) in [6.07, 6.45) is 2.21. The topological polar surface area (TPSA) is 66.5 Å². The molecule has 1 unspecified atom stereocenters. The number of hydrogen-bond donors (Lipinski definition) is 1. The summed E-state index contributed by atoms with van der Waals surface area (Å²) in [6.45, 7) is 7.65. The van der Waals surface area contributed by atoms with Gasteiger partial charge in [0.25, 0.3) is 0 Å². The fourth-order valence-electron chi connectivity index (χ4n) is 1.88. The molecule has 136 valence electrons. The van der Waals surface area contributed by atoms with Crippen molar-refractivity contribution in [2.45, 2.75) is 56.7 Å². The summed E-state index contributed by atoms with van der Waals surface area (Å²) in [5.74, 6) is 0.898. The Morgan fingerprint density at radius 2 is 1.79 bits per heavy atom. The van der Waals surface area contributed by atoms with Crippen LogP contribution < -0.4 is 5.32 Å². The van der Waals surface area contributed by atoms with Crippen LogP contribution in [0, 0.1) is 0 Å². The van der Waals surface area contributed by atoms with Gasteiger partial charge in [0.1, 0.15) is 0 Å². The molecule has 0 aliphatic rings. The molecule has 1 N–H and O–H groups in total. The molecule has 0 aliphatic carbocycles. The van der Waals surface area contributed by atoms with E-state index >= 15 is 0 Å². The SMILES string of the molecule is CCCCSC(C)C(=O)Nc1ccc(S(=O)(=O)N(C)C(C)C)cc1. The molecule has 0 aromatic heterocycles. The van der Waals surface area contributed by atoms with Gasteiger partial charge in [-0.3, -0.25) is 4.79 Å². The van der Waals surface area contributed by atoms with Gasteiger partial charge in [0.2, 0.25) is 15.9 Å². The molecular weight excluding hydrogens is 344 g/mol. The van der Waals surface area contributed by atoms with E-state index < -0.39 is 10.0 Å². The summed E-state index contributed by atoms with van der Waals surface area (Å²) in [4.78, 5) is 12.4. The second-order valence-electron chi connectivity index (χ2n) is 6.00. The molecule has 1 amide bonds. The molecule has 0 fully saturated rings. The third kappa shape index (κ3) is 5.79. The van der Waals surface area contributed by atoms with Crippen LogP contribution in [0.2, 0.25) is 0 Å². The number of nitrogens with zero attached hydrogens (tertiary/aromatic N) is 1. The molecule has 24 heavy (non-hydrogen) atoms. The highest BCUT2D eigenvalue weighted by atomic mass is 32.2. The second kappa shape index (κ2) is 9.44. The van der Waals surface area contributed by atoms with Crippen molar-refractivity contribution in [2.24, 2.45) is 0 Å². The van der Waals surface area contributed by atoms with Crippen LogP contribution in [0.3, 0.4) is 0 Å². The lowest BCUT2D eigenvalue weighted by Crippen LogP contribution is -2.33. The zero-order chi connectivity index (χ0) is 18.3. The molecule has 1 aromatic rings. The van der Waals surface area contributed by atoms with Gasteiger partial charge in [-0.25, -0.2) is 8.42 Å². The lowest BCUT2D eigenvalue weighted by Gasteiger charge is -2.21. The van der Waals surface area contributed by atoms with E-state index in [9.17, 15) is 13.2 Å². The summed E-state index contributed by atoms with van der Waals surface area (Å²) < 4.78 is 26.1. The number of nitrogens with one attached hydrogen (secondary N) is 1. The fourth-order valence-corrected chi connectivity index (χ4v) is 4.26. The summed E-state index contributed by atoms with van der Waals surface area (Å²) in [5.41, 5.74) is 0.606. The van der Waals surface area contributed by atoms with Crippen LogP contribution in [0.25, 0.3) is 0 Å². The average molecular weight is 373 g/mol. The normalized spacial score (nSPS) is 13.3. The molecule has 7 heteroatoms. The van der Waals surface area contributed by atoms with E-state index in [1.807, 2.05) is 20.8 Å². The van der Waals surface area contributed by atoms with Crippen LogP contribution in [0.5, 0.6) is 0 Å². The first kappa shape index (κ1) is 21.0. The van der Waals surface area contributed by atoms with Crippen LogP contribution >= 0.6 is 11.8 Å². The molecule has 0 saturated carbocycles. The van der Waals surface area contributed by atoms with E-state index in [2.05, 4.69) is 12.2 Å². The highest BCUT2D eigenvalue weighted by Crippen LogP contribution is 2.20. The number of unbranched alkanes of at least 4 members (excludes halogenated alkanes) is 1. The lowest BCUT2D eigenvalue weighted by molar-refractivity contribution is -0.115. The molecule has 1 atom stereocenters. The summed E-state index contributed by atoms with van der Waals surface area (Å²) in [5, 5.41) is 2.70. The van der Waals surface area contributed by atoms with Crippen molar-refractivity contribution in [3.8, 4) is 0 Å². The van der Waals surface area contributed by atoms with Crippen molar-refractivity contribution in [3.05, 3.63) is 24.3 Å². The highest BCUT2D eigenvalue weighted by molar-refractivity contribution is 8.00. The van der Waals surface area contributed by atoms with Gasteiger partial charge in [-0.05, 0) is 57.2 Å². The van der Waals surface area contributed by atoms with E-state index in [1.165, 1.54) is 16.4 Å². The quantitative estimate of drug-likeness (QED) is 0.673. The first-order chi connectivity index (χ1) is 11.2. The Morgan fingerprint density at radius 1 is 1.21 bits per heavy atom. The number of hydrogen-bond acceptors (Lipinski definition) is 4. The fraction of sp³-hybridized carbons (Fsp3) is 0.588. The molecule has 0 bridgehead atoms. The average Bonchev–Trinajstić information content (AvgIpc) is 2.54. The molecule has 5 nitrogen and oxygen atoms in total. The predicted molar refractivity (Wildman–Crippen MR) is 102 cm³/mol. The lowest BCUT2D eigenvalue weighted by atomic mass is 10.3. The van der Waals surface area contributed by atoms with E-state index in [0.717, 1.165) is 18.6 Å². The zero-order valence-electron chi connectivity index (χ0n) is 15.1. The number of anilines is 1. The van der Waals surface area contributed by atoms with Gasteiger partial charge in [-0.15, -0.1) is 11.8 Å². The Kier molecular flexibility index (Phi) is 8.26. The number of carbonyl (C=O) groups is 1. The van der Waals surface area contributed by atoms with E-state index in [1.54, 1.807) is 30.9 Å². The van der Waals surface area contributed by atoms with Gasteiger partial charge in [-0.1, -0.05) is 13.3 Å². The largest absolute Gasteiger partial charge is 0.325 e. The van der Waals surface area contributed by atoms with Gasteiger partial charge in [0.15, 0.2) is 0 Å². The molecule has 0 aliphatic heterocycles. The summed E-state index contributed by atoms with van der Waals surface area (Å²) in [7, 11) is -1.94. The molecule has 1 rings (SSSR count). The Hall–Kier alpha value is -1.05. The third-order valence-electron chi connectivity index (χ3n) is 3.76. The Labute approximate surface area is 150 Å². The maximum absolute atomic E-state index is 12.4. The Morgan fingerprint density at radius 3 is 2.29 bits per heavy atom. The second-order valence-corrected chi connectivity index (χ2v) is 9.44. The first-order valence-electron chi connectivity index (χ1n) is 8.20. The standard InChI is InChI=1S/C17H28N2O3S2/c1-6-7-12-23-14(4)17(20)18-15-8-10-16(11-9-15)24(21,22)19(5)13(2)3/h8-11,13-14H,6-7,12H2,1-5H3,(H,18,20). The molecule has 0 heterocycles. The molecule has 0 saturated heterocycles. The number of rotatable bonds is 9. The van der Waals surface area contributed by atoms with E-state index in [4.69, 9.17) is 0 Å². The van der Waals surface area contributed by atoms with Crippen molar-refractivity contribution < 1.29 is 13.2 Å². The van der Waals surface area contributed by atoms with E-state index in [0.29, 0.717) is 5.69 Å². The van der Waals surface area contributed by atoms with Gasteiger partial charge in [0, 0.05) is 18.8 Å². The van der Waals surface area contributed by atoms with Crippen molar-refractivity contribution in [1.29, 1.82) is 0 Å². The van der Waals surface area contributed by atoms with Crippen molar-refractivity contribution in [3.63, 3.8) is 0 Å². The maximum Gasteiger partial charge on any atom is 0.243 e. The number of benzene rings is 1. The molecule has 0 spiro atoms. The van der Waals surface area contributed by atoms with Crippen molar-refractivity contribution >= 4 is 33.4 Å².